The summed E-state index contributed by atoms with van der Waals surface area (Å²) in [6, 6.07) is 10.2. The molecular formula is C32H31BrCl2N12O4. The maximum absolute atomic E-state index is 12.4. The molecule has 51 heavy (non-hydrogen) atoms. The van der Waals surface area contributed by atoms with Crippen molar-refractivity contribution in [2.24, 2.45) is 0 Å². The molecule has 2 fully saturated rings. The molecule has 2 amide bonds. The molecule has 264 valence electrons. The normalized spacial score (nSPS) is 14.3. The molecule has 6 aromatic heterocycles. The monoisotopic (exact) mass is 796 g/mol. The number of carbonyl (C=O) groups is 2. The number of pyridine rings is 2. The van der Waals surface area contributed by atoms with Gasteiger partial charge in [-0.2, -0.15) is 10.2 Å². The molecule has 16 nitrogen and oxygen atoms in total. The number of fused-ring (bicyclic) bond motifs is 2. The highest BCUT2D eigenvalue weighted by Crippen LogP contribution is 2.22. The molecular weight excluding hydrogens is 767 g/mol. The third-order valence-corrected chi connectivity index (χ3v) is 8.47. The number of nitrogens with zero attached hydrogens (tertiary/aromatic N) is 10. The van der Waals surface area contributed by atoms with Crippen LogP contribution >= 0.6 is 39.1 Å². The van der Waals surface area contributed by atoms with E-state index in [2.05, 4.69) is 51.4 Å². The van der Waals surface area contributed by atoms with E-state index in [0.717, 1.165) is 10.1 Å². The van der Waals surface area contributed by atoms with Gasteiger partial charge in [-0.25, -0.2) is 29.0 Å². The molecule has 0 aliphatic carbocycles. The van der Waals surface area contributed by atoms with Gasteiger partial charge in [0, 0.05) is 69.4 Å². The number of anilines is 3. The summed E-state index contributed by atoms with van der Waals surface area (Å²) in [6.45, 7) is 4.84. The van der Waals surface area contributed by atoms with E-state index in [1.165, 1.54) is 6.20 Å². The predicted octanol–water partition coefficient (Wildman–Crippen LogP) is 4.28. The maximum atomic E-state index is 12.4. The van der Waals surface area contributed by atoms with Gasteiger partial charge in [-0.15, -0.1) is 0 Å². The van der Waals surface area contributed by atoms with Crippen LogP contribution in [0.4, 0.5) is 17.3 Å². The number of hydrogen-bond donors (Lipinski definition) is 2. The first-order valence-corrected chi connectivity index (χ1v) is 17.1. The Morgan fingerprint density at radius 1 is 0.725 bits per heavy atom. The van der Waals surface area contributed by atoms with Crippen LogP contribution in [-0.4, -0.2) is 113 Å². The average molecular weight is 798 g/mol. The van der Waals surface area contributed by atoms with Gasteiger partial charge in [0.1, 0.15) is 11.6 Å². The van der Waals surface area contributed by atoms with Crippen LogP contribution in [0.2, 0.25) is 10.3 Å². The van der Waals surface area contributed by atoms with E-state index in [9.17, 15) is 9.59 Å². The minimum absolute atomic E-state index is 0.00852. The molecule has 2 aliphatic rings. The number of nitrogens with one attached hydrogen (secondary N) is 1. The van der Waals surface area contributed by atoms with Crippen molar-refractivity contribution < 1.29 is 19.1 Å². The summed E-state index contributed by atoms with van der Waals surface area (Å²) in [7, 11) is 0. The van der Waals surface area contributed by atoms with Crippen molar-refractivity contribution in [3.05, 3.63) is 99.5 Å². The molecule has 2 aliphatic heterocycles. The fourth-order valence-corrected chi connectivity index (χ4v) is 6.00. The van der Waals surface area contributed by atoms with Crippen molar-refractivity contribution in [1.82, 2.24) is 49.0 Å². The van der Waals surface area contributed by atoms with Gasteiger partial charge in [0.25, 0.3) is 11.8 Å². The van der Waals surface area contributed by atoms with Crippen molar-refractivity contribution in [1.29, 1.82) is 0 Å². The molecule has 0 bridgehead atoms. The van der Waals surface area contributed by atoms with Crippen LogP contribution in [0.3, 0.4) is 0 Å². The van der Waals surface area contributed by atoms with Crippen LogP contribution in [0.25, 0.3) is 11.3 Å². The number of aromatic nitrogens is 8. The lowest BCUT2D eigenvalue weighted by molar-refractivity contribution is 0.0301. The minimum atomic E-state index is -0.0371. The second-order valence-corrected chi connectivity index (χ2v) is 12.6. The van der Waals surface area contributed by atoms with Crippen molar-refractivity contribution in [2.45, 2.75) is 0 Å². The number of halogens is 3. The van der Waals surface area contributed by atoms with Gasteiger partial charge in [-0.05, 0) is 46.3 Å². The molecule has 0 unspecified atom stereocenters. The standard InChI is InChI=1S/C16H15ClN6O2.C10H13N3O2.C6H3BrClN3/c17-13-9-12(15-18-3-4-23(15)21-13)20-14-2-1-11(10-19-14)16(24)22-5-7-25-8-6-22;11-9-2-1-8(7-12-9)10(14)13-3-5-15-6-4-13;7-4-3-5(8)10-11-2-1-9-6(4)11/h1-4,9-10H,5-8H2,(H,19,20);1-2,7H,3-6H2,(H2,11,12);1-3H. The SMILES string of the molecule is Clc1cc(Br)c2nccn2n1.Nc1ccc(C(=O)N2CCOCC2)cn1.O=C(c1ccc(Nc2cc(Cl)nn3ccnc23)nc1)N1CCOCC1. The third-order valence-electron chi connectivity index (χ3n) is 7.52. The van der Waals surface area contributed by atoms with Gasteiger partial charge in [0.15, 0.2) is 21.6 Å². The number of ether oxygens (including phenoxy) is 2. The van der Waals surface area contributed by atoms with Crippen molar-refractivity contribution in [2.75, 3.05) is 63.7 Å². The maximum Gasteiger partial charge on any atom is 0.255 e. The topological polar surface area (TPSA) is 183 Å². The molecule has 0 aromatic carbocycles. The van der Waals surface area contributed by atoms with Crippen molar-refractivity contribution in [3.8, 4) is 0 Å². The Morgan fingerprint density at radius 3 is 1.80 bits per heavy atom. The molecule has 0 spiro atoms. The molecule has 2 saturated heterocycles. The highest BCUT2D eigenvalue weighted by Gasteiger charge is 2.20. The molecule has 6 aromatic rings. The molecule has 19 heteroatoms. The number of morpholine rings is 2. The van der Waals surface area contributed by atoms with Crippen molar-refractivity contribution >= 4 is 79.6 Å². The third kappa shape index (κ3) is 9.25. The Morgan fingerprint density at radius 2 is 1.25 bits per heavy atom. The van der Waals surface area contributed by atoms with Crippen LogP contribution in [-0.2, 0) is 9.47 Å². The summed E-state index contributed by atoms with van der Waals surface area (Å²) in [5.41, 5.74) is 8.67. The highest BCUT2D eigenvalue weighted by molar-refractivity contribution is 9.10. The van der Waals surface area contributed by atoms with Gasteiger partial charge in [-0.3, -0.25) is 9.59 Å². The zero-order valence-corrected chi connectivity index (χ0v) is 30.0. The number of nitrogen functional groups attached to an aromatic ring is 1. The lowest BCUT2D eigenvalue weighted by Gasteiger charge is -2.26. The van der Waals surface area contributed by atoms with Crippen LogP contribution < -0.4 is 11.1 Å². The summed E-state index contributed by atoms with van der Waals surface area (Å²) in [6.07, 6.45) is 9.83. The first-order valence-electron chi connectivity index (χ1n) is 15.6. The lowest BCUT2D eigenvalue weighted by Crippen LogP contribution is -2.40. The zero-order valence-electron chi connectivity index (χ0n) is 26.9. The Kier molecular flexibility index (Phi) is 11.8. The number of rotatable bonds is 4. The summed E-state index contributed by atoms with van der Waals surface area (Å²) in [4.78, 5) is 44.4. The lowest BCUT2D eigenvalue weighted by atomic mass is 10.2. The first kappa shape index (κ1) is 35.9. The Bertz CT molecular complexity index is 2100. The summed E-state index contributed by atoms with van der Waals surface area (Å²) < 4.78 is 14.5. The fraction of sp³-hybridized carbons (Fsp3) is 0.250. The minimum Gasteiger partial charge on any atom is -0.384 e. The summed E-state index contributed by atoms with van der Waals surface area (Å²) in [5.74, 6) is 0.968. The van der Waals surface area contributed by atoms with E-state index in [-0.39, 0.29) is 11.8 Å². The molecule has 3 N–H and O–H groups in total. The smallest absolute Gasteiger partial charge is 0.255 e. The Balaban J connectivity index is 0.000000146. The van der Waals surface area contributed by atoms with E-state index in [1.54, 1.807) is 86.2 Å². The number of nitrogens with two attached hydrogens (primary N) is 1. The zero-order chi connectivity index (χ0) is 35.7. The molecule has 0 radical (unpaired) electrons. The number of hydrogen-bond acceptors (Lipinski definition) is 12. The highest BCUT2D eigenvalue weighted by atomic mass is 79.9. The number of amides is 2. The van der Waals surface area contributed by atoms with E-state index >= 15 is 0 Å². The van der Waals surface area contributed by atoms with Crippen molar-refractivity contribution in [3.63, 3.8) is 0 Å². The Hall–Kier alpha value is -4.94. The predicted molar refractivity (Wildman–Crippen MR) is 193 cm³/mol. The second-order valence-electron chi connectivity index (χ2n) is 10.9. The van der Waals surface area contributed by atoms with Crippen LogP contribution in [0, 0.1) is 0 Å². The van der Waals surface area contributed by atoms with Gasteiger partial charge in [0.05, 0.1) is 47.7 Å². The quantitative estimate of drug-likeness (QED) is 0.259. The molecule has 8 rings (SSSR count). The first-order chi connectivity index (χ1) is 24.7. The largest absolute Gasteiger partial charge is 0.384 e. The van der Waals surface area contributed by atoms with Gasteiger partial charge < -0.3 is 30.3 Å². The fourth-order valence-electron chi connectivity index (χ4n) is 4.99. The molecule has 0 saturated carbocycles. The summed E-state index contributed by atoms with van der Waals surface area (Å²) in [5, 5.41) is 12.1. The number of imidazole rings is 2. The van der Waals surface area contributed by atoms with Crippen LogP contribution in [0.15, 0.2) is 78.1 Å². The average Bonchev–Trinajstić information content (AvgIpc) is 3.83. The van der Waals surface area contributed by atoms with Crippen LogP contribution in [0.5, 0.6) is 0 Å². The number of carbonyl (C=O) groups excluding carboxylic acids is 2. The molecule has 0 atom stereocenters. The van der Waals surface area contributed by atoms with E-state index in [0.29, 0.717) is 97.0 Å². The van der Waals surface area contributed by atoms with E-state index in [1.807, 2.05) is 0 Å². The summed E-state index contributed by atoms with van der Waals surface area (Å²) >= 11 is 15.0. The van der Waals surface area contributed by atoms with E-state index < -0.39 is 0 Å². The van der Waals surface area contributed by atoms with E-state index in [4.69, 9.17) is 38.4 Å². The molecule has 8 heterocycles. The van der Waals surface area contributed by atoms with Gasteiger partial charge in [0.2, 0.25) is 0 Å². The van der Waals surface area contributed by atoms with Gasteiger partial charge in [-0.1, -0.05) is 23.2 Å². The van der Waals surface area contributed by atoms with Gasteiger partial charge >= 0.3 is 0 Å². The second kappa shape index (κ2) is 16.8. The Labute approximate surface area is 309 Å². The van der Waals surface area contributed by atoms with Crippen LogP contribution in [0.1, 0.15) is 20.7 Å².